The summed E-state index contributed by atoms with van der Waals surface area (Å²) in [5.41, 5.74) is 4.09. The van der Waals surface area contributed by atoms with Gasteiger partial charge in [0.25, 0.3) is 0 Å². The second-order valence-corrected chi connectivity index (χ2v) is 10.7. The van der Waals surface area contributed by atoms with Gasteiger partial charge in [0.1, 0.15) is 5.82 Å². The van der Waals surface area contributed by atoms with Gasteiger partial charge in [-0.3, -0.25) is 0 Å². The maximum atomic E-state index is 13.6. The Kier molecular flexibility index (Phi) is 5.90. The van der Waals surface area contributed by atoms with Crippen molar-refractivity contribution in [3.05, 3.63) is 94.8 Å². The minimum Gasteiger partial charge on any atom is -0.394 e. The van der Waals surface area contributed by atoms with Crippen molar-refractivity contribution in [2.45, 2.75) is 30.3 Å². The van der Waals surface area contributed by atoms with Gasteiger partial charge < -0.3 is 10.4 Å². The van der Waals surface area contributed by atoms with Gasteiger partial charge in [-0.15, -0.1) is 0 Å². The van der Waals surface area contributed by atoms with Crippen LogP contribution in [0.2, 0.25) is 0 Å². The highest BCUT2D eigenvalue weighted by Crippen LogP contribution is 2.48. The minimum absolute atomic E-state index is 0.0574. The lowest BCUT2D eigenvalue weighted by Gasteiger charge is -2.38. The molecule has 0 spiro atoms. The number of aliphatic hydroxyl groups is 1. The second kappa shape index (κ2) is 8.88. The average Bonchev–Trinajstić information content (AvgIpc) is 3.30. The lowest BCUT2D eigenvalue weighted by Crippen LogP contribution is -2.42. The van der Waals surface area contributed by atoms with Crippen molar-refractivity contribution in [1.29, 1.82) is 0 Å². The third kappa shape index (κ3) is 4.09. The van der Waals surface area contributed by atoms with Crippen LogP contribution in [0.1, 0.15) is 34.7 Å². The van der Waals surface area contributed by atoms with Crippen molar-refractivity contribution in [2.75, 3.05) is 18.5 Å². The van der Waals surface area contributed by atoms with E-state index >= 15 is 0 Å². The second-order valence-electron chi connectivity index (χ2n) is 8.82. The molecule has 7 heteroatoms. The molecule has 34 heavy (non-hydrogen) atoms. The number of aryl methyl sites for hydroxylation is 1. The standard InChI is InChI=1S/C27H25FN2O3S/c1-18-2-11-22(12-3-18)34(32,33)30-15-14-23-26(17-31)29-25-13-8-20(16-24(25)27(23)30)5-4-19-6-9-21(28)10-7-19/h2-3,6-13,16,23,26-27,29,31H,14-15,17H2,1H3/t23-,26-,27-/m0/s1. The molecular weight excluding hydrogens is 451 g/mol. The number of anilines is 1. The predicted molar refractivity (Wildman–Crippen MR) is 129 cm³/mol. The van der Waals surface area contributed by atoms with E-state index in [0.717, 1.165) is 22.4 Å². The number of nitrogens with one attached hydrogen (secondary N) is 1. The Hall–Kier alpha value is -3.18. The molecule has 5 nitrogen and oxygen atoms in total. The molecule has 2 aliphatic heterocycles. The summed E-state index contributed by atoms with van der Waals surface area (Å²) in [6, 6.07) is 17.9. The first-order chi connectivity index (χ1) is 16.4. The molecule has 0 bridgehead atoms. The van der Waals surface area contributed by atoms with E-state index in [9.17, 15) is 17.9 Å². The molecule has 0 amide bonds. The molecule has 2 heterocycles. The van der Waals surface area contributed by atoms with Crippen molar-refractivity contribution in [3.63, 3.8) is 0 Å². The summed E-state index contributed by atoms with van der Waals surface area (Å²) in [4.78, 5) is 0.270. The Labute approximate surface area is 199 Å². The van der Waals surface area contributed by atoms with Crippen molar-refractivity contribution < 1.29 is 17.9 Å². The molecule has 0 radical (unpaired) electrons. The zero-order valence-electron chi connectivity index (χ0n) is 18.7. The van der Waals surface area contributed by atoms with Crippen molar-refractivity contribution in [3.8, 4) is 11.8 Å². The van der Waals surface area contributed by atoms with Crippen LogP contribution in [-0.2, 0) is 10.0 Å². The molecule has 2 aliphatic rings. The predicted octanol–water partition coefficient (Wildman–Crippen LogP) is 4.07. The molecule has 1 fully saturated rings. The molecular formula is C27H25FN2O3S. The van der Waals surface area contributed by atoms with Gasteiger partial charge in [-0.2, -0.15) is 4.31 Å². The molecule has 1 saturated heterocycles. The van der Waals surface area contributed by atoms with Gasteiger partial charge in [0.15, 0.2) is 0 Å². The number of rotatable bonds is 3. The molecule has 0 saturated carbocycles. The molecule has 3 aromatic carbocycles. The first-order valence-electron chi connectivity index (χ1n) is 11.2. The van der Waals surface area contributed by atoms with E-state index in [1.807, 2.05) is 25.1 Å². The number of hydrogen-bond acceptors (Lipinski definition) is 4. The van der Waals surface area contributed by atoms with Gasteiger partial charge in [0.05, 0.1) is 23.6 Å². The van der Waals surface area contributed by atoms with E-state index in [2.05, 4.69) is 17.2 Å². The first-order valence-corrected chi connectivity index (χ1v) is 12.7. The molecule has 2 N–H and O–H groups in total. The van der Waals surface area contributed by atoms with Crippen LogP contribution in [0.5, 0.6) is 0 Å². The zero-order valence-corrected chi connectivity index (χ0v) is 19.5. The minimum atomic E-state index is -3.72. The Balaban J connectivity index is 1.54. The van der Waals surface area contributed by atoms with Crippen LogP contribution < -0.4 is 5.32 Å². The normalized spacial score (nSPS) is 21.7. The summed E-state index contributed by atoms with van der Waals surface area (Å²) in [7, 11) is -3.72. The van der Waals surface area contributed by atoms with E-state index in [-0.39, 0.29) is 29.3 Å². The third-order valence-electron chi connectivity index (χ3n) is 6.65. The van der Waals surface area contributed by atoms with E-state index in [1.165, 1.54) is 12.1 Å². The van der Waals surface area contributed by atoms with E-state index < -0.39 is 16.1 Å². The number of aliphatic hydroxyl groups excluding tert-OH is 1. The molecule has 174 valence electrons. The third-order valence-corrected chi connectivity index (χ3v) is 8.54. The van der Waals surface area contributed by atoms with Gasteiger partial charge in [0, 0.05) is 29.3 Å². The largest absolute Gasteiger partial charge is 0.394 e. The highest BCUT2D eigenvalue weighted by Gasteiger charge is 2.48. The Morgan fingerprint density at radius 3 is 2.41 bits per heavy atom. The number of nitrogens with zero attached hydrogens (tertiary/aromatic N) is 1. The van der Waals surface area contributed by atoms with Crippen LogP contribution in [0.25, 0.3) is 0 Å². The molecule has 3 aromatic rings. The Morgan fingerprint density at radius 1 is 1.03 bits per heavy atom. The summed E-state index contributed by atoms with van der Waals surface area (Å²) in [6.07, 6.45) is 0.652. The average molecular weight is 477 g/mol. The van der Waals surface area contributed by atoms with Gasteiger partial charge in [-0.05, 0) is 73.5 Å². The van der Waals surface area contributed by atoms with Gasteiger partial charge in [-0.1, -0.05) is 29.5 Å². The Morgan fingerprint density at radius 2 is 1.71 bits per heavy atom. The summed E-state index contributed by atoms with van der Waals surface area (Å²) >= 11 is 0. The van der Waals surface area contributed by atoms with E-state index in [1.54, 1.807) is 40.7 Å². The van der Waals surface area contributed by atoms with Crippen molar-refractivity contribution in [1.82, 2.24) is 4.31 Å². The molecule has 3 atom stereocenters. The smallest absolute Gasteiger partial charge is 0.243 e. The van der Waals surface area contributed by atoms with Gasteiger partial charge >= 0.3 is 0 Å². The summed E-state index contributed by atoms with van der Waals surface area (Å²) in [5.74, 6) is 5.78. The quantitative estimate of drug-likeness (QED) is 0.559. The van der Waals surface area contributed by atoms with Crippen LogP contribution >= 0.6 is 0 Å². The molecule has 0 unspecified atom stereocenters. The highest BCUT2D eigenvalue weighted by atomic mass is 32.2. The van der Waals surface area contributed by atoms with Crippen LogP contribution in [0, 0.1) is 30.5 Å². The fourth-order valence-electron chi connectivity index (χ4n) is 4.89. The summed E-state index contributed by atoms with van der Waals surface area (Å²) in [6.45, 7) is 2.23. The van der Waals surface area contributed by atoms with E-state index in [0.29, 0.717) is 18.5 Å². The molecule has 5 rings (SSSR count). The highest BCUT2D eigenvalue weighted by molar-refractivity contribution is 7.89. The monoisotopic (exact) mass is 476 g/mol. The number of benzene rings is 3. The zero-order chi connectivity index (χ0) is 23.9. The van der Waals surface area contributed by atoms with Crippen LogP contribution in [-0.4, -0.2) is 37.0 Å². The summed E-state index contributed by atoms with van der Waals surface area (Å²) < 4.78 is 42.0. The number of hydrogen-bond donors (Lipinski definition) is 2. The van der Waals surface area contributed by atoms with Crippen molar-refractivity contribution >= 4 is 15.7 Å². The van der Waals surface area contributed by atoms with Crippen LogP contribution in [0.4, 0.5) is 10.1 Å². The SMILES string of the molecule is Cc1ccc(S(=O)(=O)N2CC[C@H]3[C@H](CO)Nc4ccc(C#Cc5ccc(F)cc5)cc4[C@H]32)cc1. The number of sulfonamides is 1. The number of fused-ring (bicyclic) bond motifs is 3. The van der Waals surface area contributed by atoms with Crippen molar-refractivity contribution in [2.24, 2.45) is 5.92 Å². The summed E-state index contributed by atoms with van der Waals surface area (Å²) in [5, 5.41) is 13.4. The lowest BCUT2D eigenvalue weighted by molar-refractivity contribution is 0.210. The van der Waals surface area contributed by atoms with Crippen LogP contribution in [0.3, 0.4) is 0 Å². The number of halogens is 1. The maximum absolute atomic E-state index is 13.6. The molecule has 0 aromatic heterocycles. The first kappa shape index (κ1) is 22.6. The van der Waals surface area contributed by atoms with Crippen LogP contribution in [0.15, 0.2) is 71.6 Å². The van der Waals surface area contributed by atoms with Gasteiger partial charge in [-0.25, -0.2) is 12.8 Å². The topological polar surface area (TPSA) is 69.6 Å². The fraction of sp³-hybridized carbons (Fsp3) is 0.259. The Bertz CT molecular complexity index is 1380. The van der Waals surface area contributed by atoms with E-state index in [4.69, 9.17) is 0 Å². The lowest BCUT2D eigenvalue weighted by atomic mass is 9.83. The fourth-order valence-corrected chi connectivity index (χ4v) is 6.56. The maximum Gasteiger partial charge on any atom is 0.243 e. The van der Waals surface area contributed by atoms with Gasteiger partial charge in [0.2, 0.25) is 10.0 Å². The molecule has 0 aliphatic carbocycles.